The maximum atomic E-state index is 12.9. The van der Waals surface area contributed by atoms with Crippen molar-refractivity contribution in [3.8, 4) is 0 Å². The van der Waals surface area contributed by atoms with Gasteiger partial charge in [-0.2, -0.15) is 0 Å². The summed E-state index contributed by atoms with van der Waals surface area (Å²) < 4.78 is 0. The second-order valence-corrected chi connectivity index (χ2v) is 6.15. The zero-order valence-corrected chi connectivity index (χ0v) is 14.7. The highest BCUT2D eigenvalue weighted by Gasteiger charge is 2.30. The van der Waals surface area contributed by atoms with Crippen molar-refractivity contribution >= 4 is 34.6 Å². The van der Waals surface area contributed by atoms with E-state index in [1.54, 1.807) is 31.2 Å². The average Bonchev–Trinajstić information content (AvgIpc) is 2.61. The Bertz CT molecular complexity index is 912. The number of hydrogen-bond donors (Lipinski definition) is 3. The largest absolute Gasteiger partial charge is 0.351 e. The average molecular weight is 368 g/mol. The van der Waals surface area contributed by atoms with Crippen LogP contribution in [0.2, 0.25) is 0 Å². The second-order valence-electron chi connectivity index (χ2n) is 5.74. The minimum absolute atomic E-state index is 0.0470. The molecule has 0 radical (unpaired) electrons. The number of nitrogens with zero attached hydrogens (tertiary/aromatic N) is 1. The molecular formula is C18H16N4O3S. The van der Waals surface area contributed by atoms with Crippen LogP contribution in [-0.2, 0) is 4.79 Å². The number of carbonyl (C=O) groups excluding carboxylic acids is 1. The zero-order valence-electron chi connectivity index (χ0n) is 13.9. The van der Waals surface area contributed by atoms with Gasteiger partial charge in [0.05, 0.1) is 16.5 Å². The van der Waals surface area contributed by atoms with E-state index in [0.717, 1.165) is 0 Å². The number of nitro benzene ring substituents is 1. The van der Waals surface area contributed by atoms with Crippen LogP contribution in [-0.4, -0.2) is 15.9 Å². The molecule has 1 amide bonds. The van der Waals surface area contributed by atoms with E-state index in [2.05, 4.69) is 16.0 Å². The van der Waals surface area contributed by atoms with E-state index in [1.165, 1.54) is 12.1 Å². The minimum atomic E-state index is -0.590. The second kappa shape index (κ2) is 7.32. The Balaban J connectivity index is 1.98. The fourth-order valence-electron chi connectivity index (χ4n) is 2.78. The molecule has 8 heteroatoms. The van der Waals surface area contributed by atoms with Crippen molar-refractivity contribution in [2.24, 2.45) is 0 Å². The molecule has 2 aromatic carbocycles. The summed E-state index contributed by atoms with van der Waals surface area (Å²) in [4.78, 5) is 23.5. The summed E-state index contributed by atoms with van der Waals surface area (Å²) in [5, 5.41) is 20.2. The quantitative estimate of drug-likeness (QED) is 0.436. The Labute approximate surface area is 155 Å². The van der Waals surface area contributed by atoms with Gasteiger partial charge in [0.25, 0.3) is 11.6 Å². The van der Waals surface area contributed by atoms with Gasteiger partial charge in [0.15, 0.2) is 5.11 Å². The minimum Gasteiger partial charge on any atom is -0.351 e. The van der Waals surface area contributed by atoms with E-state index in [-0.39, 0.29) is 11.6 Å². The van der Waals surface area contributed by atoms with Crippen LogP contribution in [0.4, 0.5) is 11.4 Å². The van der Waals surface area contributed by atoms with E-state index in [1.807, 2.05) is 18.2 Å². The van der Waals surface area contributed by atoms with Crippen LogP contribution in [0.1, 0.15) is 18.5 Å². The standard InChI is InChI=1S/C18H16N4O3S/c1-11-15(17(23)20-13-7-3-2-4-8-13)16(21-18(26)19-11)12-6-5-9-14(10-12)22(24)25/h2-10,16H,1H3,(H,20,23)(H2,19,21,26). The van der Waals surface area contributed by atoms with Crippen molar-refractivity contribution in [2.75, 3.05) is 5.32 Å². The number of rotatable bonds is 4. The number of allylic oxidation sites excluding steroid dienone is 1. The summed E-state index contributed by atoms with van der Waals surface area (Å²) in [5.41, 5.74) is 2.21. The Kier molecular flexibility index (Phi) is 4.94. The van der Waals surface area contributed by atoms with Crippen LogP contribution in [0, 0.1) is 10.1 Å². The van der Waals surface area contributed by atoms with E-state index < -0.39 is 11.0 Å². The third-order valence-corrected chi connectivity index (χ3v) is 4.18. The maximum Gasteiger partial charge on any atom is 0.269 e. The first-order valence-corrected chi connectivity index (χ1v) is 8.25. The third-order valence-electron chi connectivity index (χ3n) is 3.96. The van der Waals surface area contributed by atoms with Gasteiger partial charge in [0.2, 0.25) is 0 Å². The zero-order chi connectivity index (χ0) is 18.7. The van der Waals surface area contributed by atoms with Gasteiger partial charge < -0.3 is 16.0 Å². The smallest absolute Gasteiger partial charge is 0.269 e. The molecule has 0 spiro atoms. The molecule has 0 bridgehead atoms. The number of amides is 1. The number of anilines is 1. The van der Waals surface area contributed by atoms with Gasteiger partial charge in [-0.05, 0) is 36.8 Å². The number of carbonyl (C=O) groups is 1. The summed E-state index contributed by atoms with van der Waals surface area (Å²) in [6.07, 6.45) is 0. The molecule has 3 rings (SSSR count). The molecule has 1 unspecified atom stereocenters. The Morgan fingerprint density at radius 1 is 1.19 bits per heavy atom. The van der Waals surface area contributed by atoms with Crippen molar-refractivity contribution < 1.29 is 9.72 Å². The van der Waals surface area contributed by atoms with Crippen molar-refractivity contribution in [1.82, 2.24) is 10.6 Å². The monoisotopic (exact) mass is 368 g/mol. The van der Waals surface area contributed by atoms with Crippen LogP contribution < -0.4 is 16.0 Å². The maximum absolute atomic E-state index is 12.9. The number of thiocarbonyl (C=S) groups is 1. The van der Waals surface area contributed by atoms with Gasteiger partial charge in [-0.15, -0.1) is 0 Å². The molecule has 2 aromatic rings. The van der Waals surface area contributed by atoms with Gasteiger partial charge in [-0.25, -0.2) is 0 Å². The lowest BCUT2D eigenvalue weighted by molar-refractivity contribution is -0.384. The van der Waals surface area contributed by atoms with E-state index in [9.17, 15) is 14.9 Å². The number of benzene rings is 2. The number of para-hydroxylation sites is 1. The number of nitrogens with one attached hydrogen (secondary N) is 3. The number of non-ortho nitro benzene ring substituents is 1. The van der Waals surface area contributed by atoms with Gasteiger partial charge in [-0.3, -0.25) is 14.9 Å². The SMILES string of the molecule is CC1=C(C(=O)Nc2ccccc2)C(c2cccc([N+](=O)[O-])c2)NC(=S)N1. The topological polar surface area (TPSA) is 96.3 Å². The molecular weight excluding hydrogens is 352 g/mol. The lowest BCUT2D eigenvalue weighted by Crippen LogP contribution is -2.45. The predicted molar refractivity (Wildman–Crippen MR) is 102 cm³/mol. The van der Waals surface area contributed by atoms with Crippen LogP contribution in [0.25, 0.3) is 0 Å². The molecule has 1 atom stereocenters. The lowest BCUT2D eigenvalue weighted by Gasteiger charge is -2.30. The first-order valence-electron chi connectivity index (χ1n) is 7.85. The Morgan fingerprint density at radius 3 is 2.62 bits per heavy atom. The van der Waals surface area contributed by atoms with Gasteiger partial charge in [0, 0.05) is 23.5 Å². The van der Waals surface area contributed by atoms with Gasteiger partial charge >= 0.3 is 0 Å². The summed E-state index contributed by atoms with van der Waals surface area (Å²) in [7, 11) is 0. The molecule has 0 aliphatic carbocycles. The molecule has 0 saturated heterocycles. The molecule has 3 N–H and O–H groups in total. The van der Waals surface area contributed by atoms with Crippen LogP contribution in [0.5, 0.6) is 0 Å². The molecule has 0 aromatic heterocycles. The third kappa shape index (κ3) is 3.70. The van der Waals surface area contributed by atoms with E-state index in [0.29, 0.717) is 27.6 Å². The highest BCUT2D eigenvalue weighted by molar-refractivity contribution is 7.80. The molecule has 7 nitrogen and oxygen atoms in total. The van der Waals surface area contributed by atoms with Crippen LogP contribution in [0.15, 0.2) is 65.9 Å². The summed E-state index contributed by atoms with van der Waals surface area (Å²) in [6, 6.07) is 14.6. The molecule has 132 valence electrons. The molecule has 1 aliphatic rings. The summed E-state index contributed by atoms with van der Waals surface area (Å²) in [6.45, 7) is 1.75. The van der Waals surface area contributed by atoms with Crippen molar-refractivity contribution in [3.05, 3.63) is 81.5 Å². The molecule has 0 saturated carbocycles. The summed E-state index contributed by atoms with van der Waals surface area (Å²) >= 11 is 5.19. The summed E-state index contributed by atoms with van der Waals surface area (Å²) in [5.74, 6) is -0.312. The molecule has 0 fully saturated rings. The highest BCUT2D eigenvalue weighted by Crippen LogP contribution is 2.29. The first-order chi connectivity index (χ1) is 12.5. The molecule has 1 heterocycles. The number of hydrogen-bond acceptors (Lipinski definition) is 4. The Hall–Kier alpha value is -3.26. The predicted octanol–water partition coefficient (Wildman–Crippen LogP) is 3.03. The Morgan fingerprint density at radius 2 is 1.92 bits per heavy atom. The van der Waals surface area contributed by atoms with E-state index in [4.69, 9.17) is 12.2 Å². The molecule has 1 aliphatic heterocycles. The van der Waals surface area contributed by atoms with Gasteiger partial charge in [-0.1, -0.05) is 30.3 Å². The van der Waals surface area contributed by atoms with Crippen molar-refractivity contribution in [2.45, 2.75) is 13.0 Å². The molecule has 26 heavy (non-hydrogen) atoms. The van der Waals surface area contributed by atoms with E-state index >= 15 is 0 Å². The fraction of sp³-hybridized carbons (Fsp3) is 0.111. The fourth-order valence-corrected chi connectivity index (χ4v) is 3.05. The van der Waals surface area contributed by atoms with Gasteiger partial charge in [0.1, 0.15) is 0 Å². The number of nitro groups is 1. The van der Waals surface area contributed by atoms with Crippen LogP contribution >= 0.6 is 12.2 Å². The van der Waals surface area contributed by atoms with Crippen LogP contribution in [0.3, 0.4) is 0 Å². The normalized spacial score (nSPS) is 16.5. The lowest BCUT2D eigenvalue weighted by atomic mass is 9.94. The van der Waals surface area contributed by atoms with Crippen molar-refractivity contribution in [3.63, 3.8) is 0 Å². The highest BCUT2D eigenvalue weighted by atomic mass is 32.1. The first kappa shape index (κ1) is 17.6. The van der Waals surface area contributed by atoms with Crippen molar-refractivity contribution in [1.29, 1.82) is 0 Å².